The molecule has 1 aliphatic carbocycles. The number of fused-ring (bicyclic) bond motifs is 2. The fraction of sp³-hybridized carbons (Fsp3) is 0.706. The average molecular weight is 294 g/mol. The minimum absolute atomic E-state index is 0.105. The van der Waals surface area contributed by atoms with E-state index in [0.717, 1.165) is 12.8 Å². The predicted molar refractivity (Wildman–Crippen MR) is 81.0 cm³/mol. The largest absolute Gasteiger partial charge is 0.481 e. The maximum atomic E-state index is 12.1. The standard InChI is InChI=1S/C17H26O4/c1-3-5-10-17(11-6-4-2)16(14(19)20)9-7-8-15(12-16,13-18)21-17/h3-4,18H,1-2,5-13H2,(H,19,20)/t15-,16+/m0/s1. The lowest BCUT2D eigenvalue weighted by atomic mass is 9.60. The Labute approximate surface area is 126 Å². The summed E-state index contributed by atoms with van der Waals surface area (Å²) >= 11 is 0. The number of carboxylic acid groups (broad SMARTS) is 1. The molecule has 1 saturated heterocycles. The second-order valence-corrected chi connectivity index (χ2v) is 6.51. The van der Waals surface area contributed by atoms with Crippen molar-refractivity contribution in [2.75, 3.05) is 6.61 Å². The molecule has 0 spiro atoms. The third-order valence-corrected chi connectivity index (χ3v) is 5.35. The van der Waals surface area contributed by atoms with Gasteiger partial charge in [0, 0.05) is 0 Å². The number of aliphatic hydroxyl groups excluding tert-OH is 1. The van der Waals surface area contributed by atoms with Crippen LogP contribution in [0, 0.1) is 5.41 Å². The second kappa shape index (κ2) is 5.93. The number of rotatable bonds is 8. The number of ether oxygens (including phenoxy) is 1. The molecule has 0 radical (unpaired) electrons. The summed E-state index contributed by atoms with van der Waals surface area (Å²) in [6, 6.07) is 0. The zero-order valence-electron chi connectivity index (χ0n) is 12.6. The number of carboxylic acids is 1. The predicted octanol–water partition coefficient (Wildman–Crippen LogP) is 3.06. The first kappa shape index (κ1) is 16.2. The smallest absolute Gasteiger partial charge is 0.312 e. The highest BCUT2D eigenvalue weighted by molar-refractivity contribution is 5.77. The molecule has 21 heavy (non-hydrogen) atoms. The van der Waals surface area contributed by atoms with Crippen LogP contribution in [0.5, 0.6) is 0 Å². The van der Waals surface area contributed by atoms with E-state index >= 15 is 0 Å². The summed E-state index contributed by atoms with van der Waals surface area (Å²) in [6.45, 7) is 7.40. The molecule has 0 aromatic rings. The van der Waals surface area contributed by atoms with Gasteiger partial charge in [-0.3, -0.25) is 4.79 Å². The van der Waals surface area contributed by atoms with E-state index in [9.17, 15) is 15.0 Å². The van der Waals surface area contributed by atoms with Gasteiger partial charge >= 0.3 is 5.97 Å². The Morgan fingerprint density at radius 2 is 1.81 bits per heavy atom. The van der Waals surface area contributed by atoms with Gasteiger partial charge in [-0.15, -0.1) is 13.2 Å². The van der Waals surface area contributed by atoms with Gasteiger partial charge in [-0.1, -0.05) is 12.2 Å². The molecule has 2 bridgehead atoms. The molecule has 1 heterocycles. The quantitative estimate of drug-likeness (QED) is 0.675. The molecule has 2 rings (SSSR count). The Kier molecular flexibility index (Phi) is 4.59. The first-order chi connectivity index (χ1) is 10.00. The highest BCUT2D eigenvalue weighted by atomic mass is 16.5. The molecular weight excluding hydrogens is 268 g/mol. The molecule has 0 amide bonds. The van der Waals surface area contributed by atoms with Crippen LogP contribution in [0.15, 0.2) is 25.3 Å². The van der Waals surface area contributed by atoms with Gasteiger partial charge in [0.1, 0.15) is 0 Å². The van der Waals surface area contributed by atoms with E-state index in [1.807, 2.05) is 12.2 Å². The van der Waals surface area contributed by atoms with Crippen LogP contribution in [0.4, 0.5) is 0 Å². The van der Waals surface area contributed by atoms with Crippen LogP contribution in [-0.2, 0) is 9.53 Å². The SMILES string of the molecule is C=CCCC1(CCC=C)O[C@@]2(CO)CCC[C@]1(C(=O)O)C2. The topological polar surface area (TPSA) is 66.8 Å². The highest BCUT2D eigenvalue weighted by Crippen LogP contribution is 2.62. The second-order valence-electron chi connectivity index (χ2n) is 6.51. The summed E-state index contributed by atoms with van der Waals surface area (Å²) in [5.41, 5.74) is -2.29. The van der Waals surface area contributed by atoms with E-state index in [1.165, 1.54) is 0 Å². The van der Waals surface area contributed by atoms with Gasteiger partial charge in [0.15, 0.2) is 0 Å². The Bertz CT molecular complexity index is 419. The monoisotopic (exact) mass is 294 g/mol. The molecule has 1 aliphatic heterocycles. The average Bonchev–Trinajstić information content (AvgIpc) is 2.69. The Morgan fingerprint density at radius 3 is 2.29 bits per heavy atom. The fourth-order valence-corrected chi connectivity index (χ4v) is 4.35. The van der Waals surface area contributed by atoms with Crippen molar-refractivity contribution in [3.8, 4) is 0 Å². The van der Waals surface area contributed by atoms with Gasteiger partial charge < -0.3 is 14.9 Å². The molecule has 0 aromatic carbocycles. The van der Waals surface area contributed by atoms with Crippen molar-refractivity contribution in [3.63, 3.8) is 0 Å². The molecule has 2 atom stereocenters. The molecule has 2 aliphatic rings. The first-order valence-corrected chi connectivity index (χ1v) is 7.76. The maximum absolute atomic E-state index is 12.1. The summed E-state index contributed by atoms with van der Waals surface area (Å²) in [5, 5.41) is 19.7. The molecule has 0 unspecified atom stereocenters. The molecule has 4 nitrogen and oxygen atoms in total. The number of hydrogen-bond acceptors (Lipinski definition) is 3. The van der Waals surface area contributed by atoms with Crippen molar-refractivity contribution in [1.82, 2.24) is 0 Å². The van der Waals surface area contributed by atoms with Crippen LogP contribution < -0.4 is 0 Å². The minimum atomic E-state index is -0.889. The van der Waals surface area contributed by atoms with E-state index in [-0.39, 0.29) is 6.61 Å². The van der Waals surface area contributed by atoms with Gasteiger partial charge in [-0.25, -0.2) is 0 Å². The molecular formula is C17H26O4. The van der Waals surface area contributed by atoms with Crippen molar-refractivity contribution in [2.45, 2.75) is 62.6 Å². The van der Waals surface area contributed by atoms with Gasteiger partial charge in [0.05, 0.1) is 23.2 Å². The van der Waals surface area contributed by atoms with Crippen LogP contribution in [0.25, 0.3) is 0 Å². The first-order valence-electron chi connectivity index (χ1n) is 7.76. The van der Waals surface area contributed by atoms with Gasteiger partial charge in [0.25, 0.3) is 0 Å². The number of aliphatic hydroxyl groups is 1. The van der Waals surface area contributed by atoms with Crippen LogP contribution in [-0.4, -0.2) is 34.0 Å². The van der Waals surface area contributed by atoms with Gasteiger partial charge in [-0.2, -0.15) is 0 Å². The normalized spacial score (nSPS) is 33.6. The van der Waals surface area contributed by atoms with Crippen LogP contribution in [0.3, 0.4) is 0 Å². The van der Waals surface area contributed by atoms with Crippen LogP contribution >= 0.6 is 0 Å². The molecule has 118 valence electrons. The summed E-state index contributed by atoms with van der Waals surface area (Å²) in [4.78, 5) is 12.1. The Morgan fingerprint density at radius 1 is 1.19 bits per heavy atom. The third kappa shape index (κ3) is 2.44. The van der Waals surface area contributed by atoms with Crippen molar-refractivity contribution in [3.05, 3.63) is 25.3 Å². The van der Waals surface area contributed by atoms with E-state index in [4.69, 9.17) is 4.74 Å². The van der Waals surface area contributed by atoms with E-state index in [2.05, 4.69) is 13.2 Å². The number of aliphatic carboxylic acids is 1. The molecule has 0 aromatic heterocycles. The minimum Gasteiger partial charge on any atom is -0.481 e. The summed E-state index contributed by atoms with van der Waals surface area (Å²) in [7, 11) is 0. The summed E-state index contributed by atoms with van der Waals surface area (Å²) in [6.07, 6.45) is 8.89. The van der Waals surface area contributed by atoms with E-state index < -0.39 is 22.6 Å². The summed E-state index contributed by atoms with van der Waals surface area (Å²) < 4.78 is 6.35. The number of hydrogen-bond donors (Lipinski definition) is 2. The number of carbonyl (C=O) groups is 1. The Balaban J connectivity index is 2.45. The lowest BCUT2D eigenvalue weighted by Gasteiger charge is -2.41. The zero-order chi connectivity index (χ0) is 15.6. The lowest BCUT2D eigenvalue weighted by Crippen LogP contribution is -2.50. The molecule has 2 N–H and O–H groups in total. The van der Waals surface area contributed by atoms with E-state index in [0.29, 0.717) is 38.5 Å². The van der Waals surface area contributed by atoms with Crippen LogP contribution in [0.1, 0.15) is 51.4 Å². The van der Waals surface area contributed by atoms with Gasteiger partial charge in [-0.05, 0) is 51.4 Å². The molecule has 2 fully saturated rings. The van der Waals surface area contributed by atoms with E-state index in [1.54, 1.807) is 0 Å². The van der Waals surface area contributed by atoms with Crippen molar-refractivity contribution in [1.29, 1.82) is 0 Å². The van der Waals surface area contributed by atoms with Crippen LogP contribution in [0.2, 0.25) is 0 Å². The molecule has 4 heteroatoms. The molecule has 1 saturated carbocycles. The van der Waals surface area contributed by atoms with Gasteiger partial charge in [0.2, 0.25) is 0 Å². The lowest BCUT2D eigenvalue weighted by molar-refractivity contribution is -0.170. The number of allylic oxidation sites excluding steroid dienone is 2. The zero-order valence-corrected chi connectivity index (χ0v) is 12.6. The Hall–Kier alpha value is -1.13. The van der Waals surface area contributed by atoms with Crippen molar-refractivity contribution >= 4 is 5.97 Å². The highest BCUT2D eigenvalue weighted by Gasteiger charge is 2.68. The van der Waals surface area contributed by atoms with Crippen molar-refractivity contribution < 1.29 is 19.7 Å². The maximum Gasteiger partial charge on any atom is 0.312 e. The van der Waals surface area contributed by atoms with Crippen molar-refractivity contribution in [2.24, 2.45) is 5.41 Å². The summed E-state index contributed by atoms with van der Waals surface area (Å²) in [5.74, 6) is -0.786. The fourth-order valence-electron chi connectivity index (χ4n) is 4.35. The third-order valence-electron chi connectivity index (χ3n) is 5.35.